The number of nitrogens with zero attached hydrogens (tertiary/aromatic N) is 2. The summed E-state index contributed by atoms with van der Waals surface area (Å²) in [4.78, 5) is 35.5. The minimum atomic E-state index is -1.33. The van der Waals surface area contributed by atoms with E-state index in [1.807, 2.05) is 0 Å². The number of thiocarbonyl (C=S) groups is 1. The van der Waals surface area contributed by atoms with Crippen LogP contribution in [0.4, 0.5) is 11.4 Å². The first kappa shape index (κ1) is 18.5. The Balaban J connectivity index is 1.92. The van der Waals surface area contributed by atoms with Crippen molar-refractivity contribution in [1.82, 2.24) is 0 Å². The Morgan fingerprint density at radius 1 is 1.22 bits per heavy atom. The number of rotatable bonds is 4. The number of nitro benzene ring substituents is 1. The van der Waals surface area contributed by atoms with Crippen LogP contribution >= 0.6 is 24.0 Å². The summed E-state index contributed by atoms with van der Waals surface area (Å²) >= 11 is 6.24. The van der Waals surface area contributed by atoms with Crippen molar-refractivity contribution < 1.29 is 24.7 Å². The predicted molar refractivity (Wildman–Crippen MR) is 104 cm³/mol. The van der Waals surface area contributed by atoms with Crippen LogP contribution in [0.25, 0.3) is 6.08 Å². The normalized spacial score (nSPS) is 15.4. The topological polar surface area (TPSA) is 121 Å². The molecule has 1 aliphatic heterocycles. The molecule has 0 radical (unpaired) electrons. The number of carbonyl (C=O) groups excluding carboxylic acids is 1. The molecule has 0 aromatic heterocycles. The van der Waals surface area contributed by atoms with Gasteiger partial charge in [-0.05, 0) is 42.0 Å². The van der Waals surface area contributed by atoms with Crippen molar-refractivity contribution in [1.29, 1.82) is 0 Å². The zero-order valence-electron chi connectivity index (χ0n) is 13.4. The molecule has 136 valence electrons. The predicted octanol–water partition coefficient (Wildman–Crippen LogP) is 3.40. The Hall–Kier alpha value is -3.24. The van der Waals surface area contributed by atoms with Crippen LogP contribution in [0.15, 0.2) is 47.4 Å². The van der Waals surface area contributed by atoms with Gasteiger partial charge < -0.3 is 10.2 Å². The Labute approximate surface area is 161 Å². The summed E-state index contributed by atoms with van der Waals surface area (Å²) in [5.41, 5.74) is 0.392. The van der Waals surface area contributed by atoms with Gasteiger partial charge in [0.15, 0.2) is 4.32 Å². The van der Waals surface area contributed by atoms with Gasteiger partial charge >= 0.3 is 5.97 Å². The Morgan fingerprint density at radius 2 is 1.89 bits per heavy atom. The maximum Gasteiger partial charge on any atom is 0.339 e. The van der Waals surface area contributed by atoms with E-state index in [4.69, 9.17) is 17.3 Å². The summed E-state index contributed by atoms with van der Waals surface area (Å²) < 4.78 is 0.204. The van der Waals surface area contributed by atoms with Gasteiger partial charge in [0.05, 0.1) is 15.5 Å². The van der Waals surface area contributed by atoms with Crippen molar-refractivity contribution in [3.8, 4) is 5.75 Å². The van der Waals surface area contributed by atoms with Gasteiger partial charge in [-0.25, -0.2) is 4.79 Å². The molecule has 1 saturated heterocycles. The van der Waals surface area contributed by atoms with Crippen molar-refractivity contribution >= 4 is 57.6 Å². The lowest BCUT2D eigenvalue weighted by Gasteiger charge is -2.15. The number of anilines is 1. The third-order valence-corrected chi connectivity index (χ3v) is 4.97. The number of thioether (sulfide) groups is 1. The first-order chi connectivity index (χ1) is 12.8. The molecule has 1 aliphatic rings. The molecule has 3 rings (SSSR count). The maximum absolute atomic E-state index is 12.7. The molecule has 0 atom stereocenters. The average Bonchev–Trinajstić information content (AvgIpc) is 2.89. The van der Waals surface area contributed by atoms with Crippen LogP contribution in [0.5, 0.6) is 5.75 Å². The van der Waals surface area contributed by atoms with E-state index in [0.29, 0.717) is 10.5 Å². The second kappa shape index (κ2) is 7.17. The highest BCUT2D eigenvalue weighted by Crippen LogP contribution is 2.37. The van der Waals surface area contributed by atoms with E-state index >= 15 is 0 Å². The number of carboxylic acid groups (broad SMARTS) is 1. The van der Waals surface area contributed by atoms with Crippen molar-refractivity contribution in [2.75, 3.05) is 4.90 Å². The number of hydrogen-bond acceptors (Lipinski definition) is 7. The van der Waals surface area contributed by atoms with Crippen molar-refractivity contribution in [2.24, 2.45) is 0 Å². The van der Waals surface area contributed by atoms with Crippen molar-refractivity contribution in [3.05, 3.63) is 68.6 Å². The van der Waals surface area contributed by atoms with Gasteiger partial charge in [-0.1, -0.05) is 24.0 Å². The fourth-order valence-corrected chi connectivity index (χ4v) is 3.67. The largest absolute Gasteiger partial charge is 0.507 e. The van der Waals surface area contributed by atoms with Gasteiger partial charge in [-0.3, -0.25) is 19.8 Å². The molecule has 0 spiro atoms. The third-order valence-electron chi connectivity index (χ3n) is 3.66. The number of non-ortho nitro benzene ring substituents is 1. The van der Waals surface area contributed by atoms with Gasteiger partial charge in [0.25, 0.3) is 11.6 Å². The minimum absolute atomic E-state index is 0.0648. The zero-order chi connectivity index (χ0) is 19.7. The van der Waals surface area contributed by atoms with E-state index in [0.717, 1.165) is 17.8 Å². The van der Waals surface area contributed by atoms with Crippen LogP contribution in [-0.2, 0) is 4.79 Å². The van der Waals surface area contributed by atoms with Crippen LogP contribution in [0, 0.1) is 10.1 Å². The molecule has 2 N–H and O–H groups in total. The monoisotopic (exact) mass is 402 g/mol. The fourth-order valence-electron chi connectivity index (χ4n) is 2.37. The molecule has 1 heterocycles. The van der Waals surface area contributed by atoms with Crippen molar-refractivity contribution in [2.45, 2.75) is 0 Å². The highest BCUT2D eigenvalue weighted by Gasteiger charge is 2.34. The maximum atomic E-state index is 12.7. The smallest absolute Gasteiger partial charge is 0.339 e. The van der Waals surface area contributed by atoms with Crippen LogP contribution in [0.2, 0.25) is 0 Å². The van der Waals surface area contributed by atoms with Crippen LogP contribution in [0.3, 0.4) is 0 Å². The molecule has 2 aromatic rings. The molecule has 0 saturated carbocycles. The summed E-state index contributed by atoms with van der Waals surface area (Å²) in [6.07, 6.45) is 1.54. The summed E-state index contributed by atoms with van der Waals surface area (Å²) in [5, 5.41) is 29.4. The van der Waals surface area contributed by atoms with Crippen LogP contribution in [-0.4, -0.2) is 31.3 Å². The first-order valence-corrected chi connectivity index (χ1v) is 8.59. The van der Waals surface area contributed by atoms with E-state index in [1.165, 1.54) is 41.3 Å². The number of aromatic carboxylic acids is 1. The second-order valence-corrected chi connectivity index (χ2v) is 7.05. The standard InChI is InChI=1S/C17H10N2O6S2/c20-13-6-5-11(8-12(13)16(22)23)18-15(21)14(27-17(18)26)7-9-1-3-10(4-2-9)19(24)25/h1-8,20H,(H,22,23)/b14-7-. The number of amides is 1. The quantitative estimate of drug-likeness (QED) is 0.345. The number of benzene rings is 2. The molecule has 27 heavy (non-hydrogen) atoms. The minimum Gasteiger partial charge on any atom is -0.507 e. The lowest BCUT2D eigenvalue weighted by Crippen LogP contribution is -2.27. The van der Waals surface area contributed by atoms with E-state index in [-0.39, 0.29) is 21.3 Å². The van der Waals surface area contributed by atoms with E-state index in [2.05, 4.69) is 0 Å². The Kier molecular flexibility index (Phi) is 4.93. The van der Waals surface area contributed by atoms with Gasteiger partial charge in [0.1, 0.15) is 11.3 Å². The van der Waals surface area contributed by atoms with E-state index in [9.17, 15) is 24.8 Å². The zero-order valence-corrected chi connectivity index (χ0v) is 15.0. The molecule has 2 aromatic carbocycles. The van der Waals surface area contributed by atoms with Gasteiger partial charge in [-0.2, -0.15) is 0 Å². The number of nitro groups is 1. The van der Waals surface area contributed by atoms with Crippen molar-refractivity contribution in [3.63, 3.8) is 0 Å². The van der Waals surface area contributed by atoms with E-state index in [1.54, 1.807) is 6.08 Å². The molecule has 10 heteroatoms. The van der Waals surface area contributed by atoms with E-state index < -0.39 is 22.5 Å². The van der Waals surface area contributed by atoms with Gasteiger partial charge in [-0.15, -0.1) is 0 Å². The first-order valence-electron chi connectivity index (χ1n) is 7.36. The molecule has 1 amide bonds. The average molecular weight is 402 g/mol. The number of carboxylic acids is 1. The molecule has 1 fully saturated rings. The highest BCUT2D eigenvalue weighted by atomic mass is 32.2. The number of hydrogen-bond donors (Lipinski definition) is 2. The molecule has 8 nitrogen and oxygen atoms in total. The molecule has 0 bridgehead atoms. The van der Waals surface area contributed by atoms with Crippen LogP contribution in [0.1, 0.15) is 15.9 Å². The Morgan fingerprint density at radius 3 is 2.48 bits per heavy atom. The third kappa shape index (κ3) is 3.66. The summed E-state index contributed by atoms with van der Waals surface area (Å²) in [5.74, 6) is -2.20. The Bertz CT molecular complexity index is 1020. The molecule has 0 unspecified atom stereocenters. The lowest BCUT2D eigenvalue weighted by molar-refractivity contribution is -0.384. The summed E-state index contributed by atoms with van der Waals surface area (Å²) in [6.45, 7) is 0. The highest BCUT2D eigenvalue weighted by molar-refractivity contribution is 8.27. The van der Waals surface area contributed by atoms with Crippen LogP contribution < -0.4 is 4.90 Å². The second-order valence-electron chi connectivity index (χ2n) is 5.37. The number of phenols is 1. The summed E-state index contributed by atoms with van der Waals surface area (Å²) in [6, 6.07) is 9.40. The van der Waals surface area contributed by atoms with Gasteiger partial charge in [0, 0.05) is 12.1 Å². The van der Waals surface area contributed by atoms with Gasteiger partial charge in [0.2, 0.25) is 0 Å². The number of carbonyl (C=O) groups is 2. The summed E-state index contributed by atoms with van der Waals surface area (Å²) in [7, 11) is 0. The molecule has 0 aliphatic carbocycles. The molecular weight excluding hydrogens is 392 g/mol. The number of aromatic hydroxyl groups is 1. The SMILES string of the molecule is O=C(O)c1cc(N2C(=O)/C(=C/c3ccc([N+](=O)[O-])cc3)SC2=S)ccc1O. The fraction of sp³-hybridized carbons (Fsp3) is 0. The molecular formula is C17H10N2O6S2. The lowest BCUT2D eigenvalue weighted by atomic mass is 10.1.